The Morgan fingerprint density at radius 2 is 2.10 bits per heavy atom. The highest BCUT2D eigenvalue weighted by Gasteiger charge is 2.17. The average Bonchev–Trinajstić information content (AvgIpc) is 3.47. The second-order valence-corrected chi connectivity index (χ2v) is 8.05. The van der Waals surface area contributed by atoms with Crippen LogP contribution in [-0.4, -0.2) is 26.9 Å². The van der Waals surface area contributed by atoms with E-state index in [1.807, 2.05) is 54.0 Å². The average molecular weight is 425 g/mol. The fourth-order valence-corrected chi connectivity index (χ4v) is 4.62. The molecule has 0 saturated heterocycles. The van der Waals surface area contributed by atoms with Gasteiger partial charge in [0, 0.05) is 17.7 Å². The lowest BCUT2D eigenvalue weighted by molar-refractivity contribution is 0.416. The van der Waals surface area contributed by atoms with E-state index in [0.717, 1.165) is 44.5 Å². The van der Waals surface area contributed by atoms with Crippen LogP contribution < -0.4 is 4.74 Å². The number of para-hydroxylation sites is 1. The largest absolute Gasteiger partial charge is 0.496 e. The van der Waals surface area contributed by atoms with Crippen molar-refractivity contribution in [3.8, 4) is 27.9 Å². The molecule has 0 N–H and O–H groups in total. The van der Waals surface area contributed by atoms with E-state index >= 15 is 0 Å². The topological polar surface area (TPSA) is 66.0 Å². The van der Waals surface area contributed by atoms with Crippen LogP contribution in [0.5, 0.6) is 5.75 Å². The van der Waals surface area contributed by atoms with E-state index in [-0.39, 0.29) is 0 Å². The number of methoxy groups -OCH3 is 1. The van der Waals surface area contributed by atoms with Gasteiger partial charge in [0.25, 0.3) is 0 Å². The summed E-state index contributed by atoms with van der Waals surface area (Å²) < 4.78 is 13.2. The molecule has 0 aliphatic carbocycles. The van der Waals surface area contributed by atoms with Crippen molar-refractivity contribution in [2.75, 3.05) is 7.11 Å². The monoisotopic (exact) mass is 424 g/mol. The van der Waals surface area contributed by atoms with Crippen LogP contribution in [0.2, 0.25) is 0 Å². The van der Waals surface area contributed by atoms with Crippen molar-refractivity contribution in [1.82, 2.24) is 19.7 Å². The van der Waals surface area contributed by atoms with Gasteiger partial charge in [0.1, 0.15) is 11.5 Å². The number of hydrogen-bond acceptors (Lipinski definition) is 7. The van der Waals surface area contributed by atoms with Crippen LogP contribution >= 0.6 is 23.1 Å². The molecule has 0 bridgehead atoms. The minimum atomic E-state index is 0.608. The Morgan fingerprint density at radius 1 is 1.24 bits per heavy atom. The number of aryl methyl sites for hydroxylation is 1. The molecule has 1 aromatic carbocycles. The summed E-state index contributed by atoms with van der Waals surface area (Å²) in [6, 6.07) is 11.7. The Kier molecular flexibility index (Phi) is 5.82. The van der Waals surface area contributed by atoms with Crippen molar-refractivity contribution in [3.05, 3.63) is 65.9 Å². The molecule has 3 heterocycles. The van der Waals surface area contributed by atoms with E-state index in [0.29, 0.717) is 12.3 Å². The van der Waals surface area contributed by atoms with E-state index in [9.17, 15) is 0 Å². The normalized spacial score (nSPS) is 11.0. The van der Waals surface area contributed by atoms with Gasteiger partial charge in [0.05, 0.1) is 18.4 Å². The quantitative estimate of drug-likeness (QED) is 0.276. The molecule has 4 rings (SSSR count). The third-order valence-corrected chi connectivity index (χ3v) is 6.13. The Balaban J connectivity index is 1.56. The highest BCUT2D eigenvalue weighted by Crippen LogP contribution is 2.33. The van der Waals surface area contributed by atoms with Crippen LogP contribution in [-0.2, 0) is 12.3 Å². The van der Waals surface area contributed by atoms with Crippen LogP contribution in [0.1, 0.15) is 11.5 Å². The first-order valence-electron chi connectivity index (χ1n) is 9.01. The number of rotatable bonds is 8. The van der Waals surface area contributed by atoms with Crippen LogP contribution in [0, 0.1) is 6.92 Å². The first-order chi connectivity index (χ1) is 14.2. The minimum absolute atomic E-state index is 0.608. The number of furan rings is 1. The van der Waals surface area contributed by atoms with E-state index in [1.165, 1.54) is 0 Å². The SMILES string of the molecule is C=CCn1c(SCc2csc(-c3ccc(C)o3)n2)nnc1-c1ccccc1OC. The fourth-order valence-electron chi connectivity index (χ4n) is 2.89. The smallest absolute Gasteiger partial charge is 0.192 e. The third kappa shape index (κ3) is 4.13. The van der Waals surface area contributed by atoms with Crippen LogP contribution in [0.3, 0.4) is 0 Å². The maximum atomic E-state index is 5.66. The van der Waals surface area contributed by atoms with E-state index in [2.05, 4.69) is 27.1 Å². The molecule has 0 spiro atoms. The second-order valence-electron chi connectivity index (χ2n) is 6.25. The molecule has 0 fully saturated rings. The number of thiazole rings is 1. The number of hydrogen-bond donors (Lipinski definition) is 0. The van der Waals surface area contributed by atoms with Gasteiger partial charge in [-0.25, -0.2) is 4.98 Å². The van der Waals surface area contributed by atoms with Gasteiger partial charge >= 0.3 is 0 Å². The van der Waals surface area contributed by atoms with Crippen molar-refractivity contribution in [3.63, 3.8) is 0 Å². The Hall–Kier alpha value is -2.84. The summed E-state index contributed by atoms with van der Waals surface area (Å²) in [5, 5.41) is 12.6. The van der Waals surface area contributed by atoms with Gasteiger partial charge in [-0.3, -0.25) is 4.57 Å². The number of allylic oxidation sites excluding steroid dienone is 1. The maximum absolute atomic E-state index is 5.66. The van der Waals surface area contributed by atoms with Gasteiger partial charge in [-0.2, -0.15) is 0 Å². The van der Waals surface area contributed by atoms with E-state index in [4.69, 9.17) is 9.15 Å². The Morgan fingerprint density at radius 3 is 2.86 bits per heavy atom. The number of aromatic nitrogens is 4. The highest BCUT2D eigenvalue weighted by atomic mass is 32.2. The molecular formula is C21H20N4O2S2. The van der Waals surface area contributed by atoms with Gasteiger partial charge in [0.2, 0.25) is 0 Å². The number of thioether (sulfide) groups is 1. The molecule has 0 amide bonds. The summed E-state index contributed by atoms with van der Waals surface area (Å²) in [6.07, 6.45) is 1.84. The molecular weight excluding hydrogens is 404 g/mol. The summed E-state index contributed by atoms with van der Waals surface area (Å²) in [5.41, 5.74) is 1.89. The fraction of sp³-hybridized carbons (Fsp3) is 0.190. The van der Waals surface area contributed by atoms with Gasteiger partial charge in [-0.05, 0) is 31.2 Å². The van der Waals surface area contributed by atoms with E-state index < -0.39 is 0 Å². The zero-order valence-electron chi connectivity index (χ0n) is 16.2. The molecule has 0 radical (unpaired) electrons. The molecule has 0 unspecified atom stereocenters. The lowest BCUT2D eigenvalue weighted by Crippen LogP contribution is -2.01. The summed E-state index contributed by atoms with van der Waals surface area (Å²) >= 11 is 3.18. The lowest BCUT2D eigenvalue weighted by Gasteiger charge is -2.10. The molecule has 4 aromatic rings. The van der Waals surface area contributed by atoms with Gasteiger partial charge < -0.3 is 9.15 Å². The van der Waals surface area contributed by atoms with Gasteiger partial charge in [-0.15, -0.1) is 28.1 Å². The molecule has 6 nitrogen and oxygen atoms in total. The zero-order chi connectivity index (χ0) is 20.2. The van der Waals surface area contributed by atoms with Crippen molar-refractivity contribution in [2.24, 2.45) is 0 Å². The summed E-state index contributed by atoms with van der Waals surface area (Å²) in [7, 11) is 1.66. The zero-order valence-corrected chi connectivity index (χ0v) is 17.8. The third-order valence-electron chi connectivity index (χ3n) is 4.23. The van der Waals surface area contributed by atoms with Gasteiger partial charge in [0.15, 0.2) is 21.7 Å². The second kappa shape index (κ2) is 8.67. The first kappa shape index (κ1) is 19.5. The van der Waals surface area contributed by atoms with Crippen molar-refractivity contribution in [2.45, 2.75) is 24.4 Å². The predicted octanol–water partition coefficient (Wildman–Crippen LogP) is 5.46. The summed E-state index contributed by atoms with van der Waals surface area (Å²) in [5.74, 6) is 3.90. The van der Waals surface area contributed by atoms with Crippen molar-refractivity contribution < 1.29 is 9.15 Å². The van der Waals surface area contributed by atoms with Crippen LogP contribution in [0.25, 0.3) is 22.2 Å². The first-order valence-corrected chi connectivity index (χ1v) is 10.9. The van der Waals surface area contributed by atoms with Crippen molar-refractivity contribution >= 4 is 23.1 Å². The molecule has 0 atom stereocenters. The number of benzene rings is 1. The minimum Gasteiger partial charge on any atom is -0.496 e. The molecule has 8 heteroatoms. The Bertz CT molecular complexity index is 1130. The van der Waals surface area contributed by atoms with E-state index in [1.54, 1.807) is 30.2 Å². The lowest BCUT2D eigenvalue weighted by atomic mass is 10.2. The Labute approximate surface area is 177 Å². The molecule has 3 aromatic heterocycles. The standard InChI is InChI=1S/C21H20N4O2S2/c1-4-11-25-19(16-7-5-6-8-17(16)26-3)23-24-21(25)29-13-15-12-28-20(22-15)18-10-9-14(2)27-18/h4-10,12H,1,11,13H2,2-3H3. The molecule has 0 aliphatic rings. The predicted molar refractivity (Wildman–Crippen MR) is 116 cm³/mol. The summed E-state index contributed by atoms with van der Waals surface area (Å²) in [4.78, 5) is 4.68. The molecule has 29 heavy (non-hydrogen) atoms. The highest BCUT2D eigenvalue weighted by molar-refractivity contribution is 7.98. The van der Waals surface area contributed by atoms with Crippen LogP contribution in [0.15, 0.2) is 64.0 Å². The summed E-state index contributed by atoms with van der Waals surface area (Å²) in [6.45, 7) is 6.41. The molecule has 0 saturated carbocycles. The number of nitrogens with zero attached hydrogens (tertiary/aromatic N) is 4. The van der Waals surface area contributed by atoms with Crippen LogP contribution in [0.4, 0.5) is 0 Å². The molecule has 148 valence electrons. The number of ether oxygens (including phenoxy) is 1. The molecule has 0 aliphatic heterocycles. The van der Waals surface area contributed by atoms with Gasteiger partial charge in [-0.1, -0.05) is 30.0 Å². The maximum Gasteiger partial charge on any atom is 0.192 e. The van der Waals surface area contributed by atoms with Crippen molar-refractivity contribution in [1.29, 1.82) is 0 Å².